The fraction of sp³-hybridized carbons (Fsp3) is 0.545. The molecule has 0 aromatic carbocycles. The van der Waals surface area contributed by atoms with Crippen molar-refractivity contribution in [1.29, 1.82) is 0 Å². The summed E-state index contributed by atoms with van der Waals surface area (Å²) in [4.78, 5) is 3.90. The van der Waals surface area contributed by atoms with Gasteiger partial charge < -0.3 is 0 Å². The van der Waals surface area contributed by atoms with Gasteiger partial charge in [-0.15, -0.1) is 0 Å². The van der Waals surface area contributed by atoms with E-state index in [2.05, 4.69) is 32.3 Å². The average molecular weight is 165 g/mol. The number of nitrogens with zero attached hydrogens (tertiary/aromatic N) is 1. The molecule has 0 bridgehead atoms. The first-order valence-corrected chi connectivity index (χ1v) is 4.23. The zero-order valence-electron chi connectivity index (χ0n) is 8.59. The van der Waals surface area contributed by atoms with Gasteiger partial charge in [0.1, 0.15) is 0 Å². The lowest BCUT2D eigenvalue weighted by Crippen LogP contribution is -2.05. The molecule has 0 saturated heterocycles. The Morgan fingerprint density at radius 3 is 2.33 bits per heavy atom. The standard InChI is InChI=1S/C11H19N/c1-6-10(7-8-12-5)9-11(2,3)4/h6-8H,1,9H2,2-5H3/b10-7+,12-8?. The third-order valence-corrected chi connectivity index (χ3v) is 1.43. The zero-order chi connectivity index (χ0) is 9.61. The van der Waals surface area contributed by atoms with Crippen molar-refractivity contribution < 1.29 is 0 Å². The van der Waals surface area contributed by atoms with Crippen molar-refractivity contribution in [3.63, 3.8) is 0 Å². The van der Waals surface area contributed by atoms with E-state index in [4.69, 9.17) is 0 Å². The molecule has 0 heterocycles. The largest absolute Gasteiger partial charge is 0.297 e. The average Bonchev–Trinajstić information content (AvgIpc) is 1.95. The highest BCUT2D eigenvalue weighted by molar-refractivity contribution is 5.72. The molecule has 12 heavy (non-hydrogen) atoms. The van der Waals surface area contributed by atoms with Gasteiger partial charge in [-0.3, -0.25) is 4.99 Å². The van der Waals surface area contributed by atoms with Crippen molar-refractivity contribution in [2.45, 2.75) is 27.2 Å². The first-order chi connectivity index (χ1) is 5.49. The Morgan fingerprint density at radius 1 is 1.42 bits per heavy atom. The second-order valence-corrected chi connectivity index (χ2v) is 4.09. The fourth-order valence-corrected chi connectivity index (χ4v) is 0.982. The third kappa shape index (κ3) is 5.90. The van der Waals surface area contributed by atoms with Crippen molar-refractivity contribution in [3.05, 3.63) is 24.3 Å². The SMILES string of the molecule is C=C/C(=C\C=NC)CC(C)(C)C. The molecule has 0 aliphatic carbocycles. The van der Waals surface area contributed by atoms with Gasteiger partial charge in [-0.25, -0.2) is 0 Å². The molecule has 0 aliphatic heterocycles. The molecule has 1 nitrogen and oxygen atoms in total. The molecular formula is C11H19N. The van der Waals surface area contributed by atoms with Crippen LogP contribution in [0.2, 0.25) is 0 Å². The minimum atomic E-state index is 0.321. The van der Waals surface area contributed by atoms with E-state index in [1.807, 2.05) is 18.4 Å². The summed E-state index contributed by atoms with van der Waals surface area (Å²) in [5, 5.41) is 0. The lowest BCUT2D eigenvalue weighted by molar-refractivity contribution is 0.413. The summed E-state index contributed by atoms with van der Waals surface area (Å²) in [6, 6.07) is 0. The van der Waals surface area contributed by atoms with E-state index in [-0.39, 0.29) is 0 Å². The van der Waals surface area contributed by atoms with Crippen LogP contribution in [0, 0.1) is 5.41 Å². The summed E-state index contributed by atoms with van der Waals surface area (Å²) in [6.07, 6.45) is 6.76. The Kier molecular flexibility index (Phi) is 4.57. The quantitative estimate of drug-likeness (QED) is 0.449. The highest BCUT2D eigenvalue weighted by Crippen LogP contribution is 2.23. The third-order valence-electron chi connectivity index (χ3n) is 1.43. The summed E-state index contributed by atoms with van der Waals surface area (Å²) in [5.41, 5.74) is 1.56. The van der Waals surface area contributed by atoms with E-state index in [1.54, 1.807) is 7.05 Å². The van der Waals surface area contributed by atoms with Gasteiger partial charge in [0.2, 0.25) is 0 Å². The van der Waals surface area contributed by atoms with Gasteiger partial charge in [-0.1, -0.05) is 33.4 Å². The van der Waals surface area contributed by atoms with Crippen LogP contribution in [0.15, 0.2) is 29.3 Å². The fourth-order valence-electron chi connectivity index (χ4n) is 0.982. The van der Waals surface area contributed by atoms with Crippen molar-refractivity contribution in [1.82, 2.24) is 0 Å². The van der Waals surface area contributed by atoms with Crippen LogP contribution in [0.3, 0.4) is 0 Å². The van der Waals surface area contributed by atoms with E-state index in [9.17, 15) is 0 Å². The number of aliphatic imine (C=N–C) groups is 1. The van der Waals surface area contributed by atoms with Gasteiger partial charge in [0.05, 0.1) is 0 Å². The van der Waals surface area contributed by atoms with Crippen LogP contribution in [-0.2, 0) is 0 Å². The van der Waals surface area contributed by atoms with Crippen LogP contribution < -0.4 is 0 Å². The Morgan fingerprint density at radius 2 is 2.00 bits per heavy atom. The van der Waals surface area contributed by atoms with Crippen LogP contribution in [0.1, 0.15) is 27.2 Å². The molecule has 0 aromatic heterocycles. The molecule has 68 valence electrons. The molecule has 0 rings (SSSR count). The Hall–Kier alpha value is -0.850. The second kappa shape index (κ2) is 4.91. The molecule has 0 unspecified atom stereocenters. The summed E-state index contributed by atoms with van der Waals surface area (Å²) in [7, 11) is 1.77. The molecule has 0 saturated carbocycles. The molecule has 0 N–H and O–H groups in total. The van der Waals surface area contributed by atoms with Crippen LogP contribution in [0.4, 0.5) is 0 Å². The second-order valence-electron chi connectivity index (χ2n) is 4.09. The van der Waals surface area contributed by atoms with Crippen LogP contribution in [0.5, 0.6) is 0 Å². The highest BCUT2D eigenvalue weighted by Gasteiger charge is 2.10. The smallest absolute Gasteiger partial charge is 0.0277 e. The summed E-state index contributed by atoms with van der Waals surface area (Å²) in [6.45, 7) is 10.4. The lowest BCUT2D eigenvalue weighted by atomic mass is 9.88. The van der Waals surface area contributed by atoms with E-state index in [0.717, 1.165) is 6.42 Å². The van der Waals surface area contributed by atoms with Crippen molar-refractivity contribution in [2.24, 2.45) is 10.4 Å². The summed E-state index contributed by atoms with van der Waals surface area (Å²) >= 11 is 0. The monoisotopic (exact) mass is 165 g/mol. The van der Waals surface area contributed by atoms with Crippen molar-refractivity contribution >= 4 is 6.21 Å². The molecule has 0 spiro atoms. The Balaban J connectivity index is 4.28. The van der Waals surface area contributed by atoms with Gasteiger partial charge in [-0.05, 0) is 23.5 Å². The molecule has 1 heteroatoms. The highest BCUT2D eigenvalue weighted by atomic mass is 14.6. The van der Waals surface area contributed by atoms with Crippen molar-refractivity contribution in [2.75, 3.05) is 7.05 Å². The lowest BCUT2D eigenvalue weighted by Gasteiger charge is -2.18. The first-order valence-electron chi connectivity index (χ1n) is 4.23. The molecule has 0 amide bonds. The maximum absolute atomic E-state index is 3.90. The minimum Gasteiger partial charge on any atom is -0.297 e. The number of hydrogen-bond donors (Lipinski definition) is 0. The molecule has 0 atom stereocenters. The molecule has 0 aliphatic rings. The van der Waals surface area contributed by atoms with Crippen molar-refractivity contribution in [3.8, 4) is 0 Å². The maximum atomic E-state index is 3.90. The van der Waals surface area contributed by atoms with Crippen LogP contribution in [0.25, 0.3) is 0 Å². The number of allylic oxidation sites excluding steroid dienone is 3. The molecule has 0 fully saturated rings. The molecule has 0 aromatic rings. The summed E-state index contributed by atoms with van der Waals surface area (Å²) in [5.74, 6) is 0. The molecular weight excluding hydrogens is 146 g/mol. The van der Waals surface area contributed by atoms with Crippen LogP contribution in [-0.4, -0.2) is 13.3 Å². The Bertz CT molecular complexity index is 192. The van der Waals surface area contributed by atoms with Gasteiger partial charge in [0, 0.05) is 13.3 Å². The first kappa shape index (κ1) is 11.2. The minimum absolute atomic E-state index is 0.321. The van der Waals surface area contributed by atoms with Gasteiger partial charge in [-0.2, -0.15) is 0 Å². The Labute approximate surface area is 75.9 Å². The predicted octanol–water partition coefficient (Wildman–Crippen LogP) is 3.24. The van der Waals surface area contributed by atoms with E-state index in [0.29, 0.717) is 5.41 Å². The van der Waals surface area contributed by atoms with E-state index >= 15 is 0 Å². The number of hydrogen-bond acceptors (Lipinski definition) is 1. The maximum Gasteiger partial charge on any atom is 0.0277 e. The molecule has 0 radical (unpaired) electrons. The van der Waals surface area contributed by atoms with E-state index in [1.165, 1.54) is 5.57 Å². The topological polar surface area (TPSA) is 12.4 Å². The number of rotatable bonds is 3. The predicted molar refractivity (Wildman–Crippen MR) is 56.8 cm³/mol. The van der Waals surface area contributed by atoms with Gasteiger partial charge in [0.25, 0.3) is 0 Å². The zero-order valence-corrected chi connectivity index (χ0v) is 8.59. The van der Waals surface area contributed by atoms with E-state index < -0.39 is 0 Å². The van der Waals surface area contributed by atoms with Gasteiger partial charge in [0.15, 0.2) is 0 Å². The van der Waals surface area contributed by atoms with Gasteiger partial charge >= 0.3 is 0 Å². The normalized spacial score (nSPS) is 13.8. The summed E-state index contributed by atoms with van der Waals surface area (Å²) < 4.78 is 0. The van der Waals surface area contributed by atoms with Crippen LogP contribution >= 0.6 is 0 Å².